The Morgan fingerprint density at radius 2 is 1.81 bits per heavy atom. The Hall–Kier alpha value is -1.99. The van der Waals surface area contributed by atoms with E-state index in [1.165, 1.54) is 47.0 Å². The Bertz CT molecular complexity index is 841. The fraction of sp³-hybridized carbons (Fsp3) is 0.500. The van der Waals surface area contributed by atoms with E-state index in [2.05, 4.69) is 26.1 Å². The first-order valence-corrected chi connectivity index (χ1v) is 10.4. The van der Waals surface area contributed by atoms with Crippen molar-refractivity contribution in [1.29, 1.82) is 0 Å². The topological polar surface area (TPSA) is 62.2 Å². The Balaban J connectivity index is 1.44. The molecule has 2 aliphatic rings. The molecule has 2 N–H and O–H groups in total. The van der Waals surface area contributed by atoms with Crippen LogP contribution in [-0.4, -0.2) is 34.8 Å². The van der Waals surface area contributed by atoms with Crippen molar-refractivity contribution in [2.24, 2.45) is 7.05 Å². The normalized spacial score (nSPS) is 15.1. The van der Waals surface area contributed by atoms with Crippen LogP contribution in [0, 0.1) is 0 Å². The van der Waals surface area contributed by atoms with Gasteiger partial charge in [0.05, 0.1) is 5.69 Å². The summed E-state index contributed by atoms with van der Waals surface area (Å²) in [7, 11) is 5.99. The third-order valence-corrected chi connectivity index (χ3v) is 6.09. The summed E-state index contributed by atoms with van der Waals surface area (Å²) < 4.78 is 4.76. The molecule has 2 aromatic rings. The van der Waals surface area contributed by atoms with Crippen molar-refractivity contribution in [2.45, 2.75) is 50.1 Å². The number of rotatable bonds is 5. The Kier molecular flexibility index (Phi) is 5.14. The maximum atomic E-state index is 12.6. The van der Waals surface area contributed by atoms with Crippen molar-refractivity contribution >= 4 is 23.7 Å². The van der Waals surface area contributed by atoms with Crippen LogP contribution < -0.4 is 10.0 Å². The molecule has 1 aromatic carbocycles. The summed E-state index contributed by atoms with van der Waals surface area (Å²) in [6.45, 7) is 0.818. The molecule has 27 heavy (non-hydrogen) atoms. The number of aromatic nitrogens is 2. The zero-order chi connectivity index (χ0) is 19.0. The highest BCUT2D eigenvalue weighted by Crippen LogP contribution is 2.38. The fourth-order valence-corrected chi connectivity index (χ4v) is 4.81. The molecule has 0 radical (unpaired) electrons. The minimum Gasteiger partial charge on any atom is -0.307 e. The minimum atomic E-state index is -0.172. The van der Waals surface area contributed by atoms with Crippen LogP contribution in [0.25, 0.3) is 0 Å². The van der Waals surface area contributed by atoms with Gasteiger partial charge in [-0.1, -0.05) is 6.07 Å². The summed E-state index contributed by atoms with van der Waals surface area (Å²) in [5.41, 5.74) is 7.74. The number of amides is 2. The van der Waals surface area contributed by atoms with Crippen LogP contribution in [0.2, 0.25) is 0 Å². The Labute approximate surface area is 164 Å². The summed E-state index contributed by atoms with van der Waals surface area (Å²) in [4.78, 5) is 14.7. The molecular weight excluding hydrogens is 358 g/mol. The minimum absolute atomic E-state index is 0.172. The molecule has 0 atom stereocenters. The molecule has 0 bridgehead atoms. The number of aryl methyl sites for hydroxylation is 3. The van der Waals surface area contributed by atoms with Crippen molar-refractivity contribution in [3.63, 3.8) is 0 Å². The smallest absolute Gasteiger partial charge is 0.307 e. The van der Waals surface area contributed by atoms with E-state index in [9.17, 15) is 4.79 Å². The SMILES string of the molecule is CN(C)Cc1cc(SNC(=O)Nc2c3c(cc4c2CCC4)CCC3)nn1C. The summed E-state index contributed by atoms with van der Waals surface area (Å²) in [6, 6.07) is 4.22. The van der Waals surface area contributed by atoms with E-state index in [1.54, 1.807) is 0 Å². The van der Waals surface area contributed by atoms with Crippen LogP contribution >= 0.6 is 11.9 Å². The van der Waals surface area contributed by atoms with Gasteiger partial charge >= 0.3 is 6.03 Å². The van der Waals surface area contributed by atoms with E-state index >= 15 is 0 Å². The highest BCUT2D eigenvalue weighted by molar-refractivity contribution is 7.97. The van der Waals surface area contributed by atoms with Gasteiger partial charge in [0.25, 0.3) is 0 Å². The van der Waals surface area contributed by atoms with Gasteiger partial charge in [-0.25, -0.2) is 4.79 Å². The van der Waals surface area contributed by atoms with Crippen molar-refractivity contribution in [2.75, 3.05) is 19.4 Å². The number of hydrogen-bond acceptors (Lipinski definition) is 4. The molecule has 4 rings (SSSR count). The molecule has 1 heterocycles. The molecule has 0 fully saturated rings. The van der Waals surface area contributed by atoms with E-state index in [0.717, 1.165) is 48.6 Å². The molecule has 7 heteroatoms. The highest BCUT2D eigenvalue weighted by Gasteiger charge is 2.25. The lowest BCUT2D eigenvalue weighted by Gasteiger charge is -2.16. The van der Waals surface area contributed by atoms with Gasteiger partial charge < -0.3 is 10.2 Å². The first kappa shape index (κ1) is 18.4. The van der Waals surface area contributed by atoms with Gasteiger partial charge in [-0.05, 0) is 80.9 Å². The molecule has 0 aliphatic heterocycles. The number of anilines is 1. The number of nitrogens with one attached hydrogen (secondary N) is 2. The maximum absolute atomic E-state index is 12.6. The lowest BCUT2D eigenvalue weighted by molar-refractivity contribution is 0.257. The molecule has 0 saturated carbocycles. The van der Waals surface area contributed by atoms with Crippen LogP contribution in [-0.2, 0) is 39.3 Å². The Morgan fingerprint density at radius 3 is 2.44 bits per heavy atom. The van der Waals surface area contributed by atoms with Gasteiger partial charge in [0, 0.05) is 31.2 Å². The predicted molar refractivity (Wildman–Crippen MR) is 109 cm³/mol. The van der Waals surface area contributed by atoms with Crippen molar-refractivity contribution in [3.05, 3.63) is 40.1 Å². The number of benzene rings is 1. The quantitative estimate of drug-likeness (QED) is 0.776. The molecule has 0 spiro atoms. The highest BCUT2D eigenvalue weighted by atomic mass is 32.2. The fourth-order valence-electron chi connectivity index (χ4n) is 4.20. The standard InChI is InChI=1S/C20H27N5OS/c1-24(2)12-15-11-18(22-25(15)3)27-23-20(26)21-19-16-8-4-6-13(16)10-14-7-5-9-17(14)19/h10-11H,4-9,12H2,1-3H3,(H2,21,23,26). The number of carbonyl (C=O) groups is 1. The molecule has 0 unspecified atom stereocenters. The first-order valence-electron chi connectivity index (χ1n) is 9.59. The van der Waals surface area contributed by atoms with Gasteiger partial charge in [0.15, 0.2) is 0 Å². The number of urea groups is 1. The number of carbonyl (C=O) groups excluding carboxylic acids is 1. The lowest BCUT2D eigenvalue weighted by Crippen LogP contribution is -2.24. The summed E-state index contributed by atoms with van der Waals surface area (Å²) in [5.74, 6) is 0. The van der Waals surface area contributed by atoms with E-state index in [4.69, 9.17) is 0 Å². The van der Waals surface area contributed by atoms with Crippen LogP contribution in [0.1, 0.15) is 40.8 Å². The third kappa shape index (κ3) is 3.84. The average Bonchev–Trinajstić information content (AvgIpc) is 3.33. The lowest BCUT2D eigenvalue weighted by atomic mass is 9.99. The molecule has 144 valence electrons. The zero-order valence-corrected chi connectivity index (χ0v) is 17.1. The van der Waals surface area contributed by atoms with Gasteiger partial charge in [-0.2, -0.15) is 5.10 Å². The molecule has 2 amide bonds. The second-order valence-corrected chi connectivity index (χ2v) is 8.55. The van der Waals surface area contributed by atoms with Gasteiger partial charge in [0.2, 0.25) is 0 Å². The van der Waals surface area contributed by atoms with Crippen molar-refractivity contribution < 1.29 is 4.79 Å². The summed E-state index contributed by atoms with van der Waals surface area (Å²) >= 11 is 1.26. The van der Waals surface area contributed by atoms with Gasteiger partial charge in [-0.3, -0.25) is 9.40 Å². The van der Waals surface area contributed by atoms with Gasteiger partial charge in [0.1, 0.15) is 5.03 Å². The molecule has 1 aromatic heterocycles. The second-order valence-electron chi connectivity index (χ2n) is 7.73. The second kappa shape index (κ2) is 7.56. The Morgan fingerprint density at radius 1 is 1.15 bits per heavy atom. The molecule has 0 saturated heterocycles. The van der Waals surface area contributed by atoms with Crippen molar-refractivity contribution in [3.8, 4) is 0 Å². The molecule has 2 aliphatic carbocycles. The largest absolute Gasteiger partial charge is 0.329 e. The monoisotopic (exact) mass is 385 g/mol. The average molecular weight is 386 g/mol. The van der Waals surface area contributed by atoms with E-state index in [-0.39, 0.29) is 6.03 Å². The number of nitrogens with zero attached hydrogens (tertiary/aromatic N) is 3. The maximum Gasteiger partial charge on any atom is 0.329 e. The van der Waals surface area contributed by atoms with Crippen LogP contribution in [0.4, 0.5) is 10.5 Å². The zero-order valence-electron chi connectivity index (χ0n) is 16.3. The number of fused-ring (bicyclic) bond motifs is 2. The first-order chi connectivity index (χ1) is 13.0. The summed E-state index contributed by atoms with van der Waals surface area (Å²) in [6.07, 6.45) is 6.78. The van der Waals surface area contributed by atoms with Crippen molar-refractivity contribution in [1.82, 2.24) is 19.4 Å². The predicted octanol–water partition coefficient (Wildman–Crippen LogP) is 3.29. The third-order valence-electron chi connectivity index (χ3n) is 5.39. The van der Waals surface area contributed by atoms with Crippen LogP contribution in [0.3, 0.4) is 0 Å². The van der Waals surface area contributed by atoms with E-state index in [1.807, 2.05) is 31.9 Å². The van der Waals surface area contributed by atoms with Gasteiger partial charge in [-0.15, -0.1) is 0 Å². The summed E-state index contributed by atoms with van der Waals surface area (Å²) in [5, 5.41) is 8.42. The number of hydrogen-bond donors (Lipinski definition) is 2. The molecule has 6 nitrogen and oxygen atoms in total. The van der Waals surface area contributed by atoms with Crippen LogP contribution in [0.5, 0.6) is 0 Å². The molecular formula is C20H27N5OS. The van der Waals surface area contributed by atoms with E-state index in [0.29, 0.717) is 0 Å². The van der Waals surface area contributed by atoms with E-state index < -0.39 is 0 Å². The van der Waals surface area contributed by atoms with Crippen LogP contribution in [0.15, 0.2) is 17.2 Å².